The van der Waals surface area contributed by atoms with E-state index < -0.39 is 0 Å². The van der Waals surface area contributed by atoms with Crippen molar-refractivity contribution in [2.45, 2.75) is 20.3 Å². The first-order valence-corrected chi connectivity index (χ1v) is 9.30. The zero-order valence-corrected chi connectivity index (χ0v) is 15.9. The third kappa shape index (κ3) is 5.47. The lowest BCUT2D eigenvalue weighted by Crippen LogP contribution is -2.50. The van der Waals surface area contributed by atoms with Gasteiger partial charge in [0, 0.05) is 38.9 Å². The van der Waals surface area contributed by atoms with Crippen molar-refractivity contribution in [1.82, 2.24) is 20.2 Å². The molecule has 0 bridgehead atoms. The van der Waals surface area contributed by atoms with Crippen LogP contribution in [0.1, 0.15) is 17.0 Å². The van der Waals surface area contributed by atoms with Crippen LogP contribution in [0, 0.1) is 19.7 Å². The van der Waals surface area contributed by atoms with Crippen molar-refractivity contribution in [2.75, 3.05) is 44.2 Å². The van der Waals surface area contributed by atoms with E-state index in [-0.39, 0.29) is 11.7 Å². The number of hydrogen-bond donors (Lipinski definition) is 1. The molecular formula is C20H26FN5O. The highest BCUT2D eigenvalue weighted by molar-refractivity contribution is 5.78. The van der Waals surface area contributed by atoms with E-state index in [0.717, 1.165) is 48.9 Å². The molecule has 0 spiro atoms. The highest BCUT2D eigenvalue weighted by Crippen LogP contribution is 2.17. The maximum absolute atomic E-state index is 12.9. The van der Waals surface area contributed by atoms with Crippen molar-refractivity contribution in [2.24, 2.45) is 0 Å². The van der Waals surface area contributed by atoms with E-state index in [9.17, 15) is 9.18 Å². The van der Waals surface area contributed by atoms with Gasteiger partial charge in [0.1, 0.15) is 11.6 Å². The van der Waals surface area contributed by atoms with Crippen molar-refractivity contribution in [3.63, 3.8) is 0 Å². The molecule has 0 atom stereocenters. The van der Waals surface area contributed by atoms with Gasteiger partial charge in [-0.1, -0.05) is 12.1 Å². The lowest BCUT2D eigenvalue weighted by molar-refractivity contribution is -0.122. The van der Waals surface area contributed by atoms with E-state index in [1.807, 2.05) is 13.8 Å². The summed E-state index contributed by atoms with van der Waals surface area (Å²) in [5, 5.41) is 2.94. The number of carbonyl (C=O) groups is 1. The number of aryl methyl sites for hydroxylation is 2. The zero-order chi connectivity index (χ0) is 19.2. The molecule has 2 heterocycles. The Kier molecular flexibility index (Phi) is 6.34. The van der Waals surface area contributed by atoms with E-state index in [1.165, 1.54) is 12.1 Å². The molecule has 7 heteroatoms. The third-order valence-corrected chi connectivity index (χ3v) is 4.74. The summed E-state index contributed by atoms with van der Waals surface area (Å²) in [5.41, 5.74) is 2.87. The number of carbonyl (C=O) groups excluding carboxylic acids is 1. The number of halogens is 1. The molecule has 1 aliphatic heterocycles. The molecule has 1 amide bonds. The summed E-state index contributed by atoms with van der Waals surface area (Å²) in [6.45, 7) is 8.19. The zero-order valence-electron chi connectivity index (χ0n) is 15.9. The van der Waals surface area contributed by atoms with Gasteiger partial charge in [0.05, 0.1) is 17.9 Å². The minimum atomic E-state index is -0.242. The van der Waals surface area contributed by atoms with Crippen LogP contribution in [0.25, 0.3) is 0 Å². The normalized spacial score (nSPS) is 15.0. The fourth-order valence-corrected chi connectivity index (χ4v) is 3.20. The molecule has 1 aromatic heterocycles. The molecule has 1 fully saturated rings. The van der Waals surface area contributed by atoms with Crippen LogP contribution in [0.15, 0.2) is 30.5 Å². The fraction of sp³-hybridized carbons (Fsp3) is 0.450. The number of benzene rings is 1. The Morgan fingerprint density at radius 1 is 1.15 bits per heavy atom. The van der Waals surface area contributed by atoms with Crippen LogP contribution in [0.5, 0.6) is 0 Å². The van der Waals surface area contributed by atoms with Crippen LogP contribution >= 0.6 is 0 Å². The summed E-state index contributed by atoms with van der Waals surface area (Å²) < 4.78 is 12.9. The number of rotatable bonds is 6. The SMILES string of the molecule is Cc1cnc(C)c(N2CCN(CC(=O)NCCc3ccc(F)cc3)CC2)n1. The van der Waals surface area contributed by atoms with E-state index in [2.05, 4.69) is 25.1 Å². The van der Waals surface area contributed by atoms with Gasteiger partial charge in [-0.2, -0.15) is 0 Å². The monoisotopic (exact) mass is 371 g/mol. The Bertz CT molecular complexity index is 772. The van der Waals surface area contributed by atoms with Gasteiger partial charge in [0.25, 0.3) is 0 Å². The molecule has 0 radical (unpaired) electrons. The summed E-state index contributed by atoms with van der Waals surface area (Å²) in [5.74, 6) is 0.726. The molecule has 0 saturated carbocycles. The van der Waals surface area contributed by atoms with Crippen LogP contribution in [0.3, 0.4) is 0 Å². The molecule has 6 nitrogen and oxygen atoms in total. The second kappa shape index (κ2) is 8.90. The topological polar surface area (TPSA) is 61.4 Å². The number of aromatic nitrogens is 2. The molecule has 3 rings (SSSR count). The summed E-state index contributed by atoms with van der Waals surface area (Å²) >= 11 is 0. The fourth-order valence-electron chi connectivity index (χ4n) is 3.20. The third-order valence-electron chi connectivity index (χ3n) is 4.74. The predicted molar refractivity (Wildman–Crippen MR) is 103 cm³/mol. The van der Waals surface area contributed by atoms with Crippen LogP contribution < -0.4 is 10.2 Å². The molecular weight excluding hydrogens is 345 g/mol. The Morgan fingerprint density at radius 3 is 2.56 bits per heavy atom. The van der Waals surface area contributed by atoms with Crippen LogP contribution in [0.4, 0.5) is 10.2 Å². The molecule has 144 valence electrons. The Labute approximate surface area is 159 Å². The van der Waals surface area contributed by atoms with Gasteiger partial charge in [0.2, 0.25) is 5.91 Å². The Balaban J connectivity index is 1.40. The molecule has 27 heavy (non-hydrogen) atoms. The van der Waals surface area contributed by atoms with Crippen molar-refractivity contribution in [3.05, 3.63) is 53.2 Å². The summed E-state index contributed by atoms with van der Waals surface area (Å²) in [7, 11) is 0. The van der Waals surface area contributed by atoms with Gasteiger partial charge in [-0.05, 0) is 38.0 Å². The quantitative estimate of drug-likeness (QED) is 0.838. The van der Waals surface area contributed by atoms with E-state index >= 15 is 0 Å². The number of hydrogen-bond acceptors (Lipinski definition) is 5. The lowest BCUT2D eigenvalue weighted by Gasteiger charge is -2.35. The van der Waals surface area contributed by atoms with Crippen molar-refractivity contribution < 1.29 is 9.18 Å². The number of amides is 1. The summed E-state index contributed by atoms with van der Waals surface area (Å²) in [6, 6.07) is 6.38. The second-order valence-corrected chi connectivity index (χ2v) is 6.91. The summed E-state index contributed by atoms with van der Waals surface area (Å²) in [4.78, 5) is 25.5. The molecule has 0 unspecified atom stereocenters. The standard InChI is InChI=1S/C20H26FN5O/c1-15-13-23-16(2)20(24-15)26-11-9-25(10-12-26)14-19(27)22-8-7-17-3-5-18(21)6-4-17/h3-6,13H,7-12,14H2,1-2H3,(H,22,27). The van der Waals surface area contributed by atoms with Gasteiger partial charge < -0.3 is 10.2 Å². The number of nitrogens with one attached hydrogen (secondary N) is 1. The van der Waals surface area contributed by atoms with Gasteiger partial charge in [-0.15, -0.1) is 0 Å². The van der Waals surface area contributed by atoms with Crippen LogP contribution in [-0.4, -0.2) is 60.0 Å². The highest BCUT2D eigenvalue weighted by atomic mass is 19.1. The van der Waals surface area contributed by atoms with E-state index in [4.69, 9.17) is 0 Å². The van der Waals surface area contributed by atoms with Crippen LogP contribution in [0.2, 0.25) is 0 Å². The summed E-state index contributed by atoms with van der Waals surface area (Å²) in [6.07, 6.45) is 2.48. The number of nitrogens with zero attached hydrogens (tertiary/aromatic N) is 4. The maximum atomic E-state index is 12.9. The first-order chi connectivity index (χ1) is 13.0. The number of anilines is 1. The van der Waals surface area contributed by atoms with Gasteiger partial charge in [0.15, 0.2) is 0 Å². The first-order valence-electron chi connectivity index (χ1n) is 9.30. The minimum absolute atomic E-state index is 0.0251. The van der Waals surface area contributed by atoms with Gasteiger partial charge >= 0.3 is 0 Å². The largest absolute Gasteiger partial charge is 0.355 e. The Hall–Kier alpha value is -2.54. The van der Waals surface area contributed by atoms with Gasteiger partial charge in [-0.25, -0.2) is 9.37 Å². The van der Waals surface area contributed by atoms with Crippen molar-refractivity contribution in [3.8, 4) is 0 Å². The smallest absolute Gasteiger partial charge is 0.234 e. The maximum Gasteiger partial charge on any atom is 0.234 e. The lowest BCUT2D eigenvalue weighted by atomic mass is 10.1. The molecule has 0 aliphatic carbocycles. The van der Waals surface area contributed by atoms with Crippen LogP contribution in [-0.2, 0) is 11.2 Å². The highest BCUT2D eigenvalue weighted by Gasteiger charge is 2.21. The molecule has 2 aromatic rings. The second-order valence-electron chi connectivity index (χ2n) is 6.91. The number of piperazine rings is 1. The molecule has 1 saturated heterocycles. The molecule has 1 N–H and O–H groups in total. The molecule has 1 aromatic carbocycles. The average Bonchev–Trinajstić information content (AvgIpc) is 2.66. The molecule has 1 aliphatic rings. The van der Waals surface area contributed by atoms with Gasteiger partial charge in [-0.3, -0.25) is 14.7 Å². The first kappa shape index (κ1) is 19.2. The predicted octanol–water partition coefficient (Wildman–Crippen LogP) is 1.71. The minimum Gasteiger partial charge on any atom is -0.355 e. The van der Waals surface area contributed by atoms with Crippen molar-refractivity contribution in [1.29, 1.82) is 0 Å². The Morgan fingerprint density at radius 2 is 1.85 bits per heavy atom. The average molecular weight is 371 g/mol. The van der Waals surface area contributed by atoms with Crippen molar-refractivity contribution >= 4 is 11.7 Å². The van der Waals surface area contributed by atoms with E-state index in [1.54, 1.807) is 18.3 Å². The van der Waals surface area contributed by atoms with E-state index in [0.29, 0.717) is 19.5 Å².